The Kier molecular flexibility index (Phi) is 10.9. The number of hydrogen-bond donors (Lipinski definition) is 2. The number of carbonyl (C=O) groups excluding carboxylic acids is 2. The van der Waals surface area contributed by atoms with Crippen molar-refractivity contribution in [2.24, 2.45) is 11.8 Å². The highest BCUT2D eigenvalue weighted by Crippen LogP contribution is 2.35. The minimum Gasteiger partial charge on any atom is -0.469 e. The molecule has 6 heteroatoms. The summed E-state index contributed by atoms with van der Waals surface area (Å²) in [6, 6.07) is 0. The van der Waals surface area contributed by atoms with Crippen LogP contribution in [0.5, 0.6) is 0 Å². The van der Waals surface area contributed by atoms with Gasteiger partial charge in [-0.3, -0.25) is 9.59 Å². The molecule has 6 nitrogen and oxygen atoms in total. The minimum absolute atomic E-state index is 0.0919. The number of aliphatic hydroxyl groups excluding tert-OH is 2. The van der Waals surface area contributed by atoms with E-state index < -0.39 is 17.8 Å². The number of ketones is 1. The van der Waals surface area contributed by atoms with Crippen LogP contribution in [-0.2, 0) is 19.1 Å². The normalized spacial score (nSPS) is 25.8. The van der Waals surface area contributed by atoms with E-state index in [4.69, 9.17) is 4.74 Å². The summed E-state index contributed by atoms with van der Waals surface area (Å²) >= 11 is 0. The van der Waals surface area contributed by atoms with Crippen molar-refractivity contribution >= 4 is 11.8 Å². The molecule has 0 heterocycles. The van der Waals surface area contributed by atoms with Gasteiger partial charge in [0.05, 0.1) is 18.8 Å². The highest BCUT2D eigenvalue weighted by Gasteiger charge is 2.40. The van der Waals surface area contributed by atoms with E-state index >= 15 is 0 Å². The largest absolute Gasteiger partial charge is 0.469 e. The summed E-state index contributed by atoms with van der Waals surface area (Å²) in [5.74, 6) is -0.572. The molecule has 1 fully saturated rings. The second kappa shape index (κ2) is 12.3. The van der Waals surface area contributed by atoms with Gasteiger partial charge in [0.15, 0.2) is 0 Å². The van der Waals surface area contributed by atoms with Gasteiger partial charge in [0, 0.05) is 31.8 Å². The summed E-state index contributed by atoms with van der Waals surface area (Å²) in [7, 11) is 2.98. The van der Waals surface area contributed by atoms with Crippen LogP contribution in [0.4, 0.5) is 0 Å². The van der Waals surface area contributed by atoms with Gasteiger partial charge in [0.2, 0.25) is 0 Å². The predicted molar refractivity (Wildman–Crippen MR) is 108 cm³/mol. The van der Waals surface area contributed by atoms with Crippen molar-refractivity contribution < 1.29 is 29.3 Å². The molecule has 5 atom stereocenters. The van der Waals surface area contributed by atoms with Crippen molar-refractivity contribution in [3.8, 4) is 0 Å². The molecular weight excluding hydrogens is 360 g/mol. The van der Waals surface area contributed by atoms with Crippen LogP contribution in [0.2, 0.25) is 0 Å². The van der Waals surface area contributed by atoms with E-state index in [0.29, 0.717) is 6.42 Å². The lowest BCUT2D eigenvalue weighted by Crippen LogP contribution is -2.40. The van der Waals surface area contributed by atoms with Crippen molar-refractivity contribution in [2.45, 2.75) is 89.4 Å². The predicted octanol–water partition coefficient (Wildman–Crippen LogP) is 3.19. The number of esters is 1. The van der Waals surface area contributed by atoms with Crippen LogP contribution in [0.3, 0.4) is 0 Å². The maximum atomic E-state index is 12.3. The second-order valence-electron chi connectivity index (χ2n) is 8.05. The van der Waals surface area contributed by atoms with E-state index in [0.717, 1.165) is 44.9 Å². The highest BCUT2D eigenvalue weighted by molar-refractivity contribution is 5.84. The third kappa shape index (κ3) is 7.30. The van der Waals surface area contributed by atoms with Gasteiger partial charge < -0.3 is 19.7 Å². The SMILES string of the molecule is CCC[C@@](C)(OC)[C@H](O)C=C[C@H]1[C@H](O)CC(=O)[C@@H]1CCCCCCC(=O)OC. The lowest BCUT2D eigenvalue weighted by Gasteiger charge is -2.31. The fraction of sp³-hybridized carbons (Fsp3) is 0.818. The molecule has 0 bridgehead atoms. The maximum absolute atomic E-state index is 12.3. The number of methoxy groups -OCH3 is 2. The van der Waals surface area contributed by atoms with Crippen molar-refractivity contribution in [2.75, 3.05) is 14.2 Å². The van der Waals surface area contributed by atoms with Gasteiger partial charge in [-0.25, -0.2) is 0 Å². The van der Waals surface area contributed by atoms with Crippen LogP contribution in [0.25, 0.3) is 0 Å². The molecule has 1 rings (SSSR count). The van der Waals surface area contributed by atoms with Crippen LogP contribution in [0, 0.1) is 11.8 Å². The van der Waals surface area contributed by atoms with Crippen molar-refractivity contribution in [1.29, 1.82) is 0 Å². The Morgan fingerprint density at radius 2 is 1.96 bits per heavy atom. The Bertz CT molecular complexity index is 517. The maximum Gasteiger partial charge on any atom is 0.305 e. The van der Waals surface area contributed by atoms with Crippen LogP contribution in [0.1, 0.15) is 71.6 Å². The molecule has 2 N–H and O–H groups in total. The Balaban J connectivity index is 2.56. The number of unbranched alkanes of at least 4 members (excludes halogenated alkanes) is 3. The Morgan fingerprint density at radius 3 is 2.57 bits per heavy atom. The van der Waals surface area contributed by atoms with Crippen LogP contribution >= 0.6 is 0 Å². The standard InChI is InChI=1S/C22H38O6/c1-5-14-22(2,28-4)20(25)13-12-17-16(18(23)15-19(17)24)10-8-6-7-9-11-21(26)27-3/h12-13,16-17,19-20,24-25H,5-11,14-15H2,1-4H3/t16-,17-,19-,20-,22-/m1/s1. The van der Waals surface area contributed by atoms with Crippen molar-refractivity contribution in [3.05, 3.63) is 12.2 Å². The van der Waals surface area contributed by atoms with E-state index in [1.165, 1.54) is 7.11 Å². The molecule has 0 spiro atoms. The first-order valence-electron chi connectivity index (χ1n) is 10.5. The minimum atomic E-state index is -0.792. The smallest absolute Gasteiger partial charge is 0.305 e. The van der Waals surface area contributed by atoms with Crippen LogP contribution in [-0.4, -0.2) is 54.0 Å². The molecule has 0 radical (unpaired) electrons. The number of ether oxygens (including phenoxy) is 2. The topological polar surface area (TPSA) is 93.1 Å². The second-order valence-corrected chi connectivity index (χ2v) is 8.05. The Hall–Kier alpha value is -1.24. The molecule has 0 aromatic rings. The number of hydrogen-bond acceptors (Lipinski definition) is 6. The molecular formula is C22H38O6. The Morgan fingerprint density at radius 1 is 1.29 bits per heavy atom. The molecule has 0 saturated heterocycles. The van der Waals surface area contributed by atoms with Crippen molar-refractivity contribution in [1.82, 2.24) is 0 Å². The van der Waals surface area contributed by atoms with E-state index in [9.17, 15) is 19.8 Å². The lowest BCUT2D eigenvalue weighted by atomic mass is 9.87. The first kappa shape index (κ1) is 24.8. The molecule has 0 amide bonds. The summed E-state index contributed by atoms with van der Waals surface area (Å²) in [5, 5.41) is 20.8. The molecule has 0 aliphatic heterocycles. The van der Waals surface area contributed by atoms with Gasteiger partial charge >= 0.3 is 5.97 Å². The van der Waals surface area contributed by atoms with Gasteiger partial charge in [0.1, 0.15) is 11.9 Å². The summed E-state index contributed by atoms with van der Waals surface area (Å²) in [6.45, 7) is 3.90. The quantitative estimate of drug-likeness (QED) is 0.281. The molecule has 1 aliphatic carbocycles. The first-order valence-corrected chi connectivity index (χ1v) is 10.5. The van der Waals surface area contributed by atoms with Crippen molar-refractivity contribution in [3.63, 3.8) is 0 Å². The monoisotopic (exact) mass is 398 g/mol. The average Bonchev–Trinajstić information content (AvgIpc) is 2.94. The summed E-state index contributed by atoms with van der Waals surface area (Å²) in [6.07, 6.45) is 8.44. The number of rotatable bonds is 13. The van der Waals surface area contributed by atoms with Crippen LogP contribution < -0.4 is 0 Å². The van der Waals surface area contributed by atoms with E-state index in [2.05, 4.69) is 4.74 Å². The van der Waals surface area contributed by atoms with E-state index in [1.54, 1.807) is 19.3 Å². The van der Waals surface area contributed by atoms with Gasteiger partial charge in [-0.15, -0.1) is 0 Å². The highest BCUT2D eigenvalue weighted by atomic mass is 16.5. The summed E-state index contributed by atoms with van der Waals surface area (Å²) < 4.78 is 10.1. The zero-order valence-corrected chi connectivity index (χ0v) is 17.9. The average molecular weight is 399 g/mol. The molecule has 1 aliphatic rings. The van der Waals surface area contributed by atoms with Gasteiger partial charge in [0.25, 0.3) is 0 Å². The van der Waals surface area contributed by atoms with Gasteiger partial charge in [-0.1, -0.05) is 44.8 Å². The molecule has 1 saturated carbocycles. The fourth-order valence-corrected chi connectivity index (χ4v) is 3.99. The first-order chi connectivity index (χ1) is 13.3. The zero-order chi connectivity index (χ0) is 21.2. The lowest BCUT2D eigenvalue weighted by molar-refractivity contribution is -0.140. The fourth-order valence-electron chi connectivity index (χ4n) is 3.99. The molecule has 0 aromatic heterocycles. The number of aliphatic hydroxyl groups is 2. The molecule has 28 heavy (non-hydrogen) atoms. The number of Topliss-reactive ketones (excluding diaryl/α,β-unsaturated/α-hetero) is 1. The number of carbonyl (C=O) groups is 2. The third-order valence-electron chi connectivity index (χ3n) is 5.96. The molecule has 0 aromatic carbocycles. The third-order valence-corrected chi connectivity index (χ3v) is 5.96. The summed E-state index contributed by atoms with van der Waals surface area (Å²) in [4.78, 5) is 23.4. The van der Waals surface area contributed by atoms with Gasteiger partial charge in [-0.2, -0.15) is 0 Å². The van der Waals surface area contributed by atoms with Gasteiger partial charge in [-0.05, 0) is 26.2 Å². The zero-order valence-electron chi connectivity index (χ0n) is 17.9. The van der Waals surface area contributed by atoms with E-state index in [-0.39, 0.29) is 30.0 Å². The summed E-state index contributed by atoms with van der Waals surface area (Å²) in [5.41, 5.74) is -0.673. The molecule has 0 unspecified atom stereocenters. The van der Waals surface area contributed by atoms with Crippen LogP contribution in [0.15, 0.2) is 12.2 Å². The van der Waals surface area contributed by atoms with E-state index in [1.807, 2.05) is 13.8 Å². The Labute approximate surface area is 169 Å². The molecule has 162 valence electrons.